The lowest BCUT2D eigenvalue weighted by atomic mass is 10.1. The molecule has 0 unspecified atom stereocenters. The van der Waals surface area contributed by atoms with E-state index in [1.54, 1.807) is 18.2 Å². The van der Waals surface area contributed by atoms with E-state index in [4.69, 9.17) is 12.2 Å². The number of benzene rings is 2. The summed E-state index contributed by atoms with van der Waals surface area (Å²) in [6, 6.07) is 14.2. The molecule has 2 aromatic carbocycles. The fraction of sp³-hybridized carbons (Fsp3) is 0.0625. The van der Waals surface area contributed by atoms with Crippen molar-refractivity contribution in [2.24, 2.45) is 5.10 Å². The number of nitrogens with one attached hydrogen (secondary N) is 1. The van der Waals surface area contributed by atoms with E-state index in [9.17, 15) is 4.39 Å². The van der Waals surface area contributed by atoms with Crippen LogP contribution in [0, 0.1) is 17.5 Å². The number of hydrogen-bond donors (Lipinski definition) is 1. The van der Waals surface area contributed by atoms with Crippen molar-refractivity contribution in [1.82, 2.24) is 14.9 Å². The molecule has 0 bridgehead atoms. The van der Waals surface area contributed by atoms with Gasteiger partial charge in [0.2, 0.25) is 4.77 Å². The summed E-state index contributed by atoms with van der Waals surface area (Å²) in [5, 5.41) is 11.2. The van der Waals surface area contributed by atoms with Crippen LogP contribution >= 0.6 is 12.2 Å². The van der Waals surface area contributed by atoms with Crippen molar-refractivity contribution in [3.63, 3.8) is 0 Å². The molecular weight excluding hydrogens is 299 g/mol. The minimum Gasteiger partial charge on any atom is -0.250 e. The Balaban J connectivity index is 2.06. The first-order valence-electron chi connectivity index (χ1n) is 6.69. The molecule has 110 valence electrons. The van der Waals surface area contributed by atoms with Gasteiger partial charge in [0.1, 0.15) is 5.82 Å². The van der Waals surface area contributed by atoms with Gasteiger partial charge in [0.15, 0.2) is 5.82 Å². The minimum atomic E-state index is -0.335. The molecule has 0 aliphatic heterocycles. The van der Waals surface area contributed by atoms with Crippen LogP contribution in [0.3, 0.4) is 0 Å². The average molecular weight is 312 g/mol. The standard InChI is InChI=1S/C16H13FN4S/c1-11-6-2-4-8-13(11)15-19-20-16(22)21(15)18-10-12-7-3-5-9-14(12)17/h2-10H,1H3,(H,20,22)/b18-10+. The number of aryl methyl sites for hydroxylation is 1. The molecule has 3 aromatic rings. The van der Waals surface area contributed by atoms with Crippen molar-refractivity contribution in [2.45, 2.75) is 6.92 Å². The van der Waals surface area contributed by atoms with Crippen LogP contribution in [0.2, 0.25) is 0 Å². The molecule has 0 saturated carbocycles. The van der Waals surface area contributed by atoms with Gasteiger partial charge < -0.3 is 0 Å². The van der Waals surface area contributed by atoms with Crippen molar-refractivity contribution in [3.05, 3.63) is 70.2 Å². The minimum absolute atomic E-state index is 0.335. The highest BCUT2D eigenvalue weighted by atomic mass is 32.1. The Labute approximate surface area is 131 Å². The van der Waals surface area contributed by atoms with Crippen LogP contribution in [0.4, 0.5) is 4.39 Å². The van der Waals surface area contributed by atoms with E-state index < -0.39 is 0 Å². The Morgan fingerprint density at radius 3 is 2.68 bits per heavy atom. The lowest BCUT2D eigenvalue weighted by Gasteiger charge is -2.04. The maximum Gasteiger partial charge on any atom is 0.216 e. The number of aromatic amines is 1. The van der Waals surface area contributed by atoms with Crippen LogP contribution in [0.5, 0.6) is 0 Å². The molecule has 1 aromatic heterocycles. The highest BCUT2D eigenvalue weighted by Gasteiger charge is 2.10. The van der Waals surface area contributed by atoms with E-state index >= 15 is 0 Å². The van der Waals surface area contributed by atoms with E-state index in [0.717, 1.165) is 11.1 Å². The predicted octanol–water partition coefficient (Wildman–Crippen LogP) is 3.94. The Morgan fingerprint density at radius 1 is 1.18 bits per heavy atom. The number of halogens is 1. The Hall–Kier alpha value is -2.60. The molecule has 6 heteroatoms. The molecular formula is C16H13FN4S. The zero-order chi connectivity index (χ0) is 15.5. The lowest BCUT2D eigenvalue weighted by Crippen LogP contribution is -1.97. The van der Waals surface area contributed by atoms with E-state index in [0.29, 0.717) is 16.2 Å². The van der Waals surface area contributed by atoms with Gasteiger partial charge in [-0.15, -0.1) is 0 Å². The van der Waals surface area contributed by atoms with E-state index in [1.807, 2.05) is 31.2 Å². The fourth-order valence-electron chi connectivity index (χ4n) is 2.10. The first-order chi connectivity index (χ1) is 10.7. The summed E-state index contributed by atoms with van der Waals surface area (Å²) in [6.07, 6.45) is 1.43. The summed E-state index contributed by atoms with van der Waals surface area (Å²) >= 11 is 5.20. The first-order valence-corrected chi connectivity index (χ1v) is 7.10. The molecule has 0 radical (unpaired) electrons. The molecule has 0 spiro atoms. The number of nitrogens with zero attached hydrogens (tertiary/aromatic N) is 3. The summed E-state index contributed by atoms with van der Waals surface area (Å²) in [4.78, 5) is 0. The lowest BCUT2D eigenvalue weighted by molar-refractivity contribution is 0.625. The topological polar surface area (TPSA) is 46.0 Å². The van der Waals surface area contributed by atoms with Crippen LogP contribution in [-0.4, -0.2) is 21.1 Å². The molecule has 0 atom stereocenters. The monoisotopic (exact) mass is 312 g/mol. The van der Waals surface area contributed by atoms with Crippen molar-refractivity contribution in [2.75, 3.05) is 0 Å². The van der Waals surface area contributed by atoms with E-state index in [2.05, 4.69) is 15.3 Å². The van der Waals surface area contributed by atoms with Crippen LogP contribution < -0.4 is 0 Å². The van der Waals surface area contributed by atoms with Gasteiger partial charge in [0.05, 0.1) is 6.21 Å². The van der Waals surface area contributed by atoms with Crippen LogP contribution in [0.25, 0.3) is 11.4 Å². The molecule has 0 aliphatic rings. The Kier molecular flexibility index (Phi) is 3.93. The van der Waals surface area contributed by atoms with Crippen molar-refractivity contribution >= 4 is 18.4 Å². The highest BCUT2D eigenvalue weighted by Crippen LogP contribution is 2.21. The molecule has 1 N–H and O–H groups in total. The van der Waals surface area contributed by atoms with Crippen molar-refractivity contribution in [3.8, 4) is 11.4 Å². The largest absolute Gasteiger partial charge is 0.250 e. The van der Waals surface area contributed by atoms with Crippen LogP contribution in [0.1, 0.15) is 11.1 Å². The highest BCUT2D eigenvalue weighted by molar-refractivity contribution is 7.71. The summed E-state index contributed by atoms with van der Waals surface area (Å²) in [6.45, 7) is 1.98. The van der Waals surface area contributed by atoms with E-state index in [-0.39, 0.29) is 5.82 Å². The maximum absolute atomic E-state index is 13.7. The number of aromatic nitrogens is 3. The zero-order valence-corrected chi connectivity index (χ0v) is 12.6. The van der Waals surface area contributed by atoms with Gasteiger partial charge in [0.25, 0.3) is 0 Å². The maximum atomic E-state index is 13.7. The van der Waals surface area contributed by atoms with Gasteiger partial charge in [-0.3, -0.25) is 0 Å². The Bertz CT molecular complexity index is 895. The number of hydrogen-bond acceptors (Lipinski definition) is 3. The molecule has 22 heavy (non-hydrogen) atoms. The Morgan fingerprint density at radius 2 is 1.91 bits per heavy atom. The van der Waals surface area contributed by atoms with E-state index in [1.165, 1.54) is 17.0 Å². The second kappa shape index (κ2) is 6.03. The molecule has 1 heterocycles. The number of H-pyrrole nitrogens is 1. The third-order valence-corrected chi connectivity index (χ3v) is 3.52. The van der Waals surface area contributed by atoms with Crippen molar-refractivity contribution < 1.29 is 4.39 Å². The summed E-state index contributed by atoms with van der Waals surface area (Å²) in [5.41, 5.74) is 2.36. The molecule has 0 aliphatic carbocycles. The zero-order valence-electron chi connectivity index (χ0n) is 11.8. The van der Waals surface area contributed by atoms with Gasteiger partial charge >= 0.3 is 0 Å². The predicted molar refractivity (Wildman–Crippen MR) is 87.0 cm³/mol. The quantitative estimate of drug-likeness (QED) is 0.588. The van der Waals surface area contributed by atoms with Crippen LogP contribution in [0.15, 0.2) is 53.6 Å². The third kappa shape index (κ3) is 2.73. The average Bonchev–Trinajstić information content (AvgIpc) is 2.88. The number of rotatable bonds is 3. The van der Waals surface area contributed by atoms with Gasteiger partial charge in [-0.25, -0.2) is 9.49 Å². The smallest absolute Gasteiger partial charge is 0.216 e. The fourth-order valence-corrected chi connectivity index (χ4v) is 2.28. The van der Waals surface area contributed by atoms with Gasteiger partial charge in [-0.05, 0) is 30.8 Å². The van der Waals surface area contributed by atoms with Gasteiger partial charge in [0, 0.05) is 11.1 Å². The molecule has 0 saturated heterocycles. The molecule has 0 fully saturated rings. The van der Waals surface area contributed by atoms with Crippen LogP contribution in [-0.2, 0) is 0 Å². The third-order valence-electron chi connectivity index (χ3n) is 3.25. The van der Waals surface area contributed by atoms with Crippen molar-refractivity contribution in [1.29, 1.82) is 0 Å². The summed E-state index contributed by atoms with van der Waals surface area (Å²) in [7, 11) is 0. The molecule has 0 amide bonds. The first kappa shape index (κ1) is 14.3. The van der Waals surface area contributed by atoms with Gasteiger partial charge in [-0.2, -0.15) is 14.9 Å². The normalized spacial score (nSPS) is 11.2. The second-order valence-electron chi connectivity index (χ2n) is 4.75. The summed E-state index contributed by atoms with van der Waals surface area (Å²) in [5.74, 6) is 0.259. The van der Waals surface area contributed by atoms with Gasteiger partial charge in [-0.1, -0.05) is 42.5 Å². The second-order valence-corrected chi connectivity index (χ2v) is 5.13. The SMILES string of the molecule is Cc1ccccc1-c1n[nH]c(=S)n1/N=C/c1ccccc1F. The molecule has 4 nitrogen and oxygen atoms in total. The molecule has 3 rings (SSSR count). The summed E-state index contributed by atoms with van der Waals surface area (Å²) < 4.78 is 15.5.